The van der Waals surface area contributed by atoms with E-state index in [0.717, 1.165) is 11.1 Å². The molecule has 0 radical (unpaired) electrons. The second-order valence-corrected chi connectivity index (χ2v) is 4.68. The number of rotatable bonds is 5. The van der Waals surface area contributed by atoms with Crippen LogP contribution in [0.3, 0.4) is 0 Å². The van der Waals surface area contributed by atoms with E-state index in [4.69, 9.17) is 22.2 Å². The first kappa shape index (κ1) is 14.7. The number of ether oxygens (including phenoxy) is 1. The molecule has 1 unspecified atom stereocenters. The van der Waals surface area contributed by atoms with Crippen molar-refractivity contribution >= 4 is 11.6 Å². The molecule has 20 heavy (non-hydrogen) atoms. The van der Waals surface area contributed by atoms with Gasteiger partial charge in [0.1, 0.15) is 11.6 Å². The fourth-order valence-electron chi connectivity index (χ4n) is 2.01. The molecule has 6 heteroatoms. The number of pyridine rings is 1. The van der Waals surface area contributed by atoms with Crippen molar-refractivity contribution in [2.24, 2.45) is 5.84 Å². The minimum atomic E-state index is -0.363. The van der Waals surface area contributed by atoms with Crippen LogP contribution in [0, 0.1) is 5.82 Å². The standard InChI is InChI=1S/C14H15ClFN3O/c1-20-14-8-18-5-4-11(14)13(19-17)6-9-2-3-10(16)7-12(9)15/h2-5,7-8,13,19H,6,17H2,1H3. The molecule has 0 fully saturated rings. The summed E-state index contributed by atoms with van der Waals surface area (Å²) >= 11 is 6.04. The summed E-state index contributed by atoms with van der Waals surface area (Å²) in [6.45, 7) is 0. The number of halogens is 2. The van der Waals surface area contributed by atoms with Crippen LogP contribution in [0.4, 0.5) is 4.39 Å². The Balaban J connectivity index is 2.29. The Hall–Kier alpha value is -1.69. The highest BCUT2D eigenvalue weighted by Crippen LogP contribution is 2.28. The minimum Gasteiger partial charge on any atom is -0.495 e. The highest BCUT2D eigenvalue weighted by molar-refractivity contribution is 6.31. The molecule has 1 heterocycles. The molecule has 1 aromatic heterocycles. The Morgan fingerprint density at radius 2 is 2.25 bits per heavy atom. The largest absolute Gasteiger partial charge is 0.495 e. The molecule has 106 valence electrons. The van der Waals surface area contributed by atoms with Gasteiger partial charge in [-0.2, -0.15) is 0 Å². The lowest BCUT2D eigenvalue weighted by molar-refractivity contribution is 0.397. The Morgan fingerprint density at radius 1 is 1.45 bits per heavy atom. The van der Waals surface area contributed by atoms with E-state index in [9.17, 15) is 4.39 Å². The highest BCUT2D eigenvalue weighted by atomic mass is 35.5. The molecule has 2 rings (SSSR count). The van der Waals surface area contributed by atoms with Crippen molar-refractivity contribution in [2.75, 3.05) is 7.11 Å². The monoisotopic (exact) mass is 295 g/mol. The summed E-state index contributed by atoms with van der Waals surface area (Å²) in [5.74, 6) is 5.88. The molecular weight excluding hydrogens is 281 g/mol. The van der Waals surface area contributed by atoms with E-state index < -0.39 is 0 Å². The van der Waals surface area contributed by atoms with Crippen molar-refractivity contribution in [1.82, 2.24) is 10.4 Å². The molecule has 0 saturated carbocycles. The lowest BCUT2D eigenvalue weighted by Gasteiger charge is -2.19. The van der Waals surface area contributed by atoms with Gasteiger partial charge in [0, 0.05) is 16.8 Å². The maximum absolute atomic E-state index is 13.1. The number of hydrazine groups is 1. The third kappa shape index (κ3) is 3.25. The topological polar surface area (TPSA) is 60.2 Å². The molecule has 0 saturated heterocycles. The summed E-state index contributed by atoms with van der Waals surface area (Å²) in [7, 11) is 1.57. The number of methoxy groups -OCH3 is 1. The van der Waals surface area contributed by atoms with Crippen molar-refractivity contribution in [3.05, 3.63) is 58.6 Å². The van der Waals surface area contributed by atoms with Crippen LogP contribution >= 0.6 is 11.6 Å². The zero-order valence-electron chi connectivity index (χ0n) is 10.9. The van der Waals surface area contributed by atoms with Crippen LogP contribution in [0.1, 0.15) is 17.2 Å². The maximum atomic E-state index is 13.1. The number of nitrogens with zero attached hydrogens (tertiary/aromatic N) is 1. The fraction of sp³-hybridized carbons (Fsp3) is 0.214. The summed E-state index contributed by atoms with van der Waals surface area (Å²) in [5, 5.41) is 0.373. The van der Waals surface area contributed by atoms with Gasteiger partial charge in [0.05, 0.1) is 19.3 Å². The summed E-state index contributed by atoms with van der Waals surface area (Å²) in [4.78, 5) is 4.00. The van der Waals surface area contributed by atoms with Crippen LogP contribution in [-0.2, 0) is 6.42 Å². The Morgan fingerprint density at radius 3 is 2.90 bits per heavy atom. The summed E-state index contributed by atoms with van der Waals surface area (Å²) in [5.41, 5.74) is 4.39. The minimum absolute atomic E-state index is 0.212. The van der Waals surface area contributed by atoms with Gasteiger partial charge in [-0.15, -0.1) is 0 Å². The summed E-state index contributed by atoms with van der Waals surface area (Å²) in [6.07, 6.45) is 3.79. The molecule has 0 bridgehead atoms. The molecule has 1 aromatic carbocycles. The molecular formula is C14H15ClFN3O. The SMILES string of the molecule is COc1cnccc1C(Cc1ccc(F)cc1Cl)NN. The van der Waals surface area contributed by atoms with E-state index in [1.807, 2.05) is 6.07 Å². The molecule has 3 N–H and O–H groups in total. The summed E-state index contributed by atoms with van der Waals surface area (Å²) < 4.78 is 18.3. The number of hydrogen-bond donors (Lipinski definition) is 2. The van der Waals surface area contributed by atoms with Gasteiger partial charge in [-0.1, -0.05) is 17.7 Å². The zero-order valence-corrected chi connectivity index (χ0v) is 11.7. The molecule has 0 amide bonds. The molecule has 1 atom stereocenters. The molecule has 0 spiro atoms. The van der Waals surface area contributed by atoms with Crippen LogP contribution in [-0.4, -0.2) is 12.1 Å². The summed E-state index contributed by atoms with van der Waals surface area (Å²) in [6, 6.07) is 5.92. The van der Waals surface area contributed by atoms with Crippen LogP contribution in [0.25, 0.3) is 0 Å². The van der Waals surface area contributed by atoms with Gasteiger partial charge >= 0.3 is 0 Å². The predicted molar refractivity (Wildman–Crippen MR) is 76.0 cm³/mol. The second kappa shape index (κ2) is 6.65. The van der Waals surface area contributed by atoms with Crippen molar-refractivity contribution < 1.29 is 9.13 Å². The average Bonchev–Trinajstić information content (AvgIpc) is 2.46. The van der Waals surface area contributed by atoms with Crippen molar-refractivity contribution in [2.45, 2.75) is 12.5 Å². The quantitative estimate of drug-likeness (QED) is 0.657. The first-order valence-electron chi connectivity index (χ1n) is 6.03. The zero-order chi connectivity index (χ0) is 14.5. The van der Waals surface area contributed by atoms with Gasteiger partial charge in [-0.25, -0.2) is 4.39 Å². The van der Waals surface area contributed by atoms with E-state index in [0.29, 0.717) is 17.2 Å². The smallest absolute Gasteiger partial charge is 0.141 e. The van der Waals surface area contributed by atoms with Crippen molar-refractivity contribution in [1.29, 1.82) is 0 Å². The molecule has 0 aliphatic rings. The highest BCUT2D eigenvalue weighted by Gasteiger charge is 2.17. The van der Waals surface area contributed by atoms with E-state index in [1.54, 1.807) is 25.6 Å². The Kier molecular flexibility index (Phi) is 4.89. The second-order valence-electron chi connectivity index (χ2n) is 4.28. The first-order chi connectivity index (χ1) is 9.65. The third-order valence-electron chi connectivity index (χ3n) is 3.05. The lowest BCUT2D eigenvalue weighted by atomic mass is 9.99. The molecule has 0 aliphatic heterocycles. The van der Waals surface area contributed by atoms with Crippen molar-refractivity contribution in [3.8, 4) is 5.75 Å². The van der Waals surface area contributed by atoms with E-state index >= 15 is 0 Å². The van der Waals surface area contributed by atoms with Gasteiger partial charge in [0.15, 0.2) is 0 Å². The van der Waals surface area contributed by atoms with Gasteiger partial charge in [0.2, 0.25) is 0 Å². The maximum Gasteiger partial charge on any atom is 0.141 e. The van der Waals surface area contributed by atoms with Gasteiger partial charge in [0.25, 0.3) is 0 Å². The number of nitrogens with one attached hydrogen (secondary N) is 1. The fourth-order valence-corrected chi connectivity index (χ4v) is 2.26. The number of benzene rings is 1. The molecule has 2 aromatic rings. The van der Waals surface area contributed by atoms with E-state index in [2.05, 4.69) is 10.4 Å². The third-order valence-corrected chi connectivity index (χ3v) is 3.40. The van der Waals surface area contributed by atoms with Crippen LogP contribution in [0.2, 0.25) is 5.02 Å². The Labute approximate surface area is 121 Å². The average molecular weight is 296 g/mol. The van der Waals surface area contributed by atoms with E-state index in [-0.39, 0.29) is 11.9 Å². The van der Waals surface area contributed by atoms with E-state index in [1.165, 1.54) is 12.1 Å². The predicted octanol–water partition coefficient (Wildman–Crippen LogP) is 2.63. The lowest BCUT2D eigenvalue weighted by Crippen LogP contribution is -2.30. The number of aromatic nitrogens is 1. The Bertz CT molecular complexity index is 594. The van der Waals surface area contributed by atoms with Crippen LogP contribution in [0.15, 0.2) is 36.7 Å². The van der Waals surface area contributed by atoms with Gasteiger partial charge in [-0.05, 0) is 30.2 Å². The van der Waals surface area contributed by atoms with Crippen molar-refractivity contribution in [3.63, 3.8) is 0 Å². The number of nitrogens with two attached hydrogens (primary N) is 1. The van der Waals surface area contributed by atoms with Crippen LogP contribution < -0.4 is 16.0 Å². The molecule has 4 nitrogen and oxygen atoms in total. The molecule has 0 aliphatic carbocycles. The first-order valence-corrected chi connectivity index (χ1v) is 6.41. The normalized spacial score (nSPS) is 12.2. The van der Waals surface area contributed by atoms with Gasteiger partial charge < -0.3 is 4.74 Å². The van der Waals surface area contributed by atoms with Gasteiger partial charge in [-0.3, -0.25) is 16.3 Å². The number of hydrogen-bond acceptors (Lipinski definition) is 4. The van der Waals surface area contributed by atoms with Crippen LogP contribution in [0.5, 0.6) is 5.75 Å².